The molecule has 5 heteroatoms. The van der Waals surface area contributed by atoms with Crippen LogP contribution in [0.25, 0.3) is 0 Å². The van der Waals surface area contributed by atoms with Crippen molar-refractivity contribution in [2.24, 2.45) is 16.6 Å². The quantitative estimate of drug-likeness (QED) is 0.645. The summed E-state index contributed by atoms with van der Waals surface area (Å²) in [6.45, 7) is 3.97. The van der Waals surface area contributed by atoms with Crippen LogP contribution in [0.4, 0.5) is 5.69 Å². The number of hydrogen-bond donors (Lipinski definition) is 1. The van der Waals surface area contributed by atoms with Gasteiger partial charge in [0.15, 0.2) is 11.5 Å². The SMILES string of the molecule is COc1cc(N=C(N)C(C)C)cc(OC)c1OC. The van der Waals surface area contributed by atoms with E-state index >= 15 is 0 Å². The van der Waals surface area contributed by atoms with Gasteiger partial charge in [-0.2, -0.15) is 0 Å². The van der Waals surface area contributed by atoms with E-state index in [1.165, 1.54) is 0 Å². The lowest BCUT2D eigenvalue weighted by Crippen LogP contribution is -2.18. The molecule has 1 aromatic carbocycles. The van der Waals surface area contributed by atoms with Gasteiger partial charge in [-0.05, 0) is 0 Å². The van der Waals surface area contributed by atoms with Crippen molar-refractivity contribution in [1.82, 2.24) is 0 Å². The number of hydrogen-bond acceptors (Lipinski definition) is 4. The summed E-state index contributed by atoms with van der Waals surface area (Å²) >= 11 is 0. The molecule has 0 spiro atoms. The van der Waals surface area contributed by atoms with Gasteiger partial charge in [0.05, 0.1) is 27.0 Å². The van der Waals surface area contributed by atoms with Gasteiger partial charge in [0, 0.05) is 18.1 Å². The van der Waals surface area contributed by atoms with Crippen molar-refractivity contribution < 1.29 is 14.2 Å². The number of nitrogens with two attached hydrogens (primary N) is 1. The smallest absolute Gasteiger partial charge is 0.203 e. The molecule has 1 aromatic rings. The van der Waals surface area contributed by atoms with Gasteiger partial charge in [0.2, 0.25) is 5.75 Å². The minimum atomic E-state index is 0.184. The summed E-state index contributed by atoms with van der Waals surface area (Å²) in [6.07, 6.45) is 0. The lowest BCUT2D eigenvalue weighted by atomic mass is 10.2. The van der Waals surface area contributed by atoms with Gasteiger partial charge in [-0.15, -0.1) is 0 Å². The number of aliphatic imine (C=N–C) groups is 1. The maximum Gasteiger partial charge on any atom is 0.203 e. The molecule has 0 unspecified atom stereocenters. The fourth-order valence-electron chi connectivity index (χ4n) is 1.41. The molecule has 0 saturated carbocycles. The molecule has 0 aliphatic carbocycles. The van der Waals surface area contributed by atoms with E-state index in [2.05, 4.69) is 4.99 Å². The third-order valence-corrected chi connectivity index (χ3v) is 2.50. The van der Waals surface area contributed by atoms with Crippen LogP contribution in [0.1, 0.15) is 13.8 Å². The fourth-order valence-corrected chi connectivity index (χ4v) is 1.41. The van der Waals surface area contributed by atoms with Gasteiger partial charge in [-0.25, -0.2) is 4.99 Å². The highest BCUT2D eigenvalue weighted by atomic mass is 16.5. The van der Waals surface area contributed by atoms with Crippen LogP contribution in [0, 0.1) is 5.92 Å². The Hall–Kier alpha value is -1.91. The number of methoxy groups -OCH3 is 3. The molecule has 0 fully saturated rings. The molecule has 0 bridgehead atoms. The second kappa shape index (κ2) is 6.14. The molecule has 0 aromatic heterocycles. The van der Waals surface area contributed by atoms with E-state index in [-0.39, 0.29) is 5.92 Å². The average molecular weight is 252 g/mol. The summed E-state index contributed by atoms with van der Waals surface area (Å²) in [6, 6.07) is 3.52. The van der Waals surface area contributed by atoms with Gasteiger partial charge in [0.1, 0.15) is 5.84 Å². The highest BCUT2D eigenvalue weighted by Crippen LogP contribution is 2.40. The van der Waals surface area contributed by atoms with Crippen LogP contribution in [-0.4, -0.2) is 27.2 Å². The van der Waals surface area contributed by atoms with Crippen LogP contribution < -0.4 is 19.9 Å². The zero-order chi connectivity index (χ0) is 13.7. The van der Waals surface area contributed by atoms with Crippen molar-refractivity contribution in [2.75, 3.05) is 21.3 Å². The zero-order valence-corrected chi connectivity index (χ0v) is 11.5. The minimum absolute atomic E-state index is 0.184. The van der Waals surface area contributed by atoms with Crippen molar-refractivity contribution >= 4 is 11.5 Å². The van der Waals surface area contributed by atoms with Gasteiger partial charge < -0.3 is 19.9 Å². The molecule has 1 rings (SSSR count). The molecular formula is C13H20N2O3. The summed E-state index contributed by atoms with van der Waals surface area (Å²) in [7, 11) is 4.69. The Morgan fingerprint density at radius 1 is 1.06 bits per heavy atom. The monoisotopic (exact) mass is 252 g/mol. The van der Waals surface area contributed by atoms with Crippen LogP contribution in [0.3, 0.4) is 0 Å². The van der Waals surface area contributed by atoms with Gasteiger partial charge in [0.25, 0.3) is 0 Å². The van der Waals surface area contributed by atoms with E-state index in [1.807, 2.05) is 13.8 Å². The summed E-state index contributed by atoms with van der Waals surface area (Å²) in [5.41, 5.74) is 6.52. The van der Waals surface area contributed by atoms with Gasteiger partial charge >= 0.3 is 0 Å². The molecule has 0 atom stereocenters. The molecule has 5 nitrogen and oxygen atoms in total. The second-order valence-corrected chi connectivity index (χ2v) is 4.07. The molecule has 100 valence electrons. The van der Waals surface area contributed by atoms with E-state index in [9.17, 15) is 0 Å². The molecule has 18 heavy (non-hydrogen) atoms. The van der Waals surface area contributed by atoms with Crippen molar-refractivity contribution in [3.63, 3.8) is 0 Å². The van der Waals surface area contributed by atoms with Crippen molar-refractivity contribution in [3.8, 4) is 17.2 Å². The van der Waals surface area contributed by atoms with Gasteiger partial charge in [-0.1, -0.05) is 13.8 Å². The number of ether oxygens (including phenoxy) is 3. The maximum atomic E-state index is 5.84. The Morgan fingerprint density at radius 2 is 1.56 bits per heavy atom. The Labute approximate surface area is 108 Å². The van der Waals surface area contributed by atoms with Crippen LogP contribution in [0.5, 0.6) is 17.2 Å². The van der Waals surface area contributed by atoms with E-state index in [0.717, 1.165) is 0 Å². The number of nitrogens with zero attached hydrogens (tertiary/aromatic N) is 1. The second-order valence-electron chi connectivity index (χ2n) is 4.07. The summed E-state index contributed by atoms with van der Waals surface area (Å²) in [5, 5.41) is 0. The Bertz CT molecular complexity index is 417. The van der Waals surface area contributed by atoms with Crippen molar-refractivity contribution in [1.29, 1.82) is 0 Å². The zero-order valence-electron chi connectivity index (χ0n) is 11.5. The van der Waals surface area contributed by atoms with Gasteiger partial charge in [-0.3, -0.25) is 0 Å². The lowest BCUT2D eigenvalue weighted by molar-refractivity contribution is 0.324. The van der Waals surface area contributed by atoms with Crippen LogP contribution in [-0.2, 0) is 0 Å². The Kier molecular flexibility index (Phi) is 4.83. The fraction of sp³-hybridized carbons (Fsp3) is 0.462. The Balaban J connectivity index is 3.27. The molecule has 0 aliphatic rings. The predicted octanol–water partition coefficient (Wildman–Crippen LogP) is 2.36. The molecule has 0 heterocycles. The van der Waals surface area contributed by atoms with E-state index in [1.54, 1.807) is 33.5 Å². The van der Waals surface area contributed by atoms with E-state index in [4.69, 9.17) is 19.9 Å². The lowest BCUT2D eigenvalue weighted by Gasteiger charge is -2.13. The number of amidine groups is 1. The molecule has 0 aliphatic heterocycles. The standard InChI is InChI=1S/C13H20N2O3/c1-8(2)13(14)15-9-6-10(16-3)12(18-5)11(7-9)17-4/h6-8H,1-5H3,(H2,14,15). The third kappa shape index (κ3) is 3.06. The van der Waals surface area contributed by atoms with E-state index in [0.29, 0.717) is 28.8 Å². The first-order valence-corrected chi connectivity index (χ1v) is 5.67. The molecule has 0 amide bonds. The summed E-state index contributed by atoms with van der Waals surface area (Å²) < 4.78 is 15.7. The predicted molar refractivity (Wildman–Crippen MR) is 72.2 cm³/mol. The summed E-state index contributed by atoms with van der Waals surface area (Å²) in [5.74, 6) is 2.41. The highest BCUT2D eigenvalue weighted by Gasteiger charge is 2.13. The topological polar surface area (TPSA) is 66.1 Å². The number of rotatable bonds is 5. The number of benzene rings is 1. The maximum absolute atomic E-state index is 5.84. The largest absolute Gasteiger partial charge is 0.493 e. The Morgan fingerprint density at radius 3 is 1.89 bits per heavy atom. The first kappa shape index (κ1) is 14.2. The van der Waals surface area contributed by atoms with E-state index < -0.39 is 0 Å². The molecule has 0 saturated heterocycles. The first-order chi connectivity index (χ1) is 8.53. The molecule has 0 radical (unpaired) electrons. The van der Waals surface area contributed by atoms with Crippen LogP contribution >= 0.6 is 0 Å². The highest BCUT2D eigenvalue weighted by molar-refractivity contribution is 5.85. The third-order valence-electron chi connectivity index (χ3n) is 2.50. The van der Waals surface area contributed by atoms with Crippen LogP contribution in [0.15, 0.2) is 17.1 Å². The average Bonchev–Trinajstić information content (AvgIpc) is 2.37. The molecule has 2 N–H and O–H groups in total. The summed E-state index contributed by atoms with van der Waals surface area (Å²) in [4.78, 5) is 4.33. The minimum Gasteiger partial charge on any atom is -0.493 e. The normalized spacial score (nSPS) is 11.6. The first-order valence-electron chi connectivity index (χ1n) is 5.67. The molecular weight excluding hydrogens is 232 g/mol. The van der Waals surface area contributed by atoms with Crippen LogP contribution in [0.2, 0.25) is 0 Å². The van der Waals surface area contributed by atoms with Crippen molar-refractivity contribution in [3.05, 3.63) is 12.1 Å². The van der Waals surface area contributed by atoms with Crippen molar-refractivity contribution in [2.45, 2.75) is 13.8 Å².